The van der Waals surface area contributed by atoms with Crippen molar-refractivity contribution in [3.8, 4) is 5.19 Å². The molecule has 0 saturated carbocycles. The van der Waals surface area contributed by atoms with E-state index in [1.54, 1.807) is 33.7 Å². The molecule has 7 nitrogen and oxygen atoms in total. The van der Waals surface area contributed by atoms with Crippen molar-refractivity contribution in [3.05, 3.63) is 40.8 Å². The van der Waals surface area contributed by atoms with Crippen LogP contribution in [0.2, 0.25) is 0 Å². The minimum atomic E-state index is -3.63. The number of carbonyl (C=O) groups is 1. The predicted octanol–water partition coefficient (Wildman–Crippen LogP) is 4.20. The molecule has 0 radical (unpaired) electrons. The second-order valence-corrected chi connectivity index (χ2v) is 12.7. The van der Waals surface area contributed by atoms with Crippen LogP contribution < -0.4 is 4.74 Å². The zero-order valence-electron chi connectivity index (χ0n) is 18.7. The smallest absolute Gasteiger partial charge is 0.274 e. The summed E-state index contributed by atoms with van der Waals surface area (Å²) >= 11 is 2.77. The molecule has 1 unspecified atom stereocenters. The van der Waals surface area contributed by atoms with Crippen LogP contribution in [-0.2, 0) is 14.8 Å². The van der Waals surface area contributed by atoms with Gasteiger partial charge in [0.1, 0.15) is 16.4 Å². The fraction of sp³-hybridized carbons (Fsp3) is 0.478. The number of likely N-dealkylation sites (tertiary alicyclic amines) is 1. The summed E-state index contributed by atoms with van der Waals surface area (Å²) in [6, 6.07) is 6.91. The molecule has 2 aromatic heterocycles. The van der Waals surface area contributed by atoms with Crippen LogP contribution in [0.5, 0.6) is 5.19 Å². The summed E-state index contributed by atoms with van der Waals surface area (Å²) in [4.78, 5) is 19.8. The van der Waals surface area contributed by atoms with Gasteiger partial charge in [-0.25, -0.2) is 13.4 Å². The maximum Gasteiger partial charge on any atom is 0.274 e. The maximum absolute atomic E-state index is 13.3. The SMILES string of the molecule is Cc1ccc(C)c2sc(OC3CCN(C(=O)C4CCCN4S(=O)(=O)c4cccs4)CC3)nc12. The first-order chi connectivity index (χ1) is 15.8. The van der Waals surface area contributed by atoms with Gasteiger partial charge in [0, 0.05) is 32.5 Å². The van der Waals surface area contributed by atoms with Crippen LogP contribution in [0, 0.1) is 13.8 Å². The molecule has 176 valence electrons. The summed E-state index contributed by atoms with van der Waals surface area (Å²) in [6.07, 6.45) is 2.71. The monoisotopic (exact) mass is 505 g/mol. The van der Waals surface area contributed by atoms with Gasteiger partial charge in [-0.1, -0.05) is 29.5 Å². The molecule has 0 spiro atoms. The molecule has 0 bridgehead atoms. The number of piperidine rings is 1. The highest BCUT2D eigenvalue weighted by molar-refractivity contribution is 7.91. The van der Waals surface area contributed by atoms with Crippen molar-refractivity contribution in [3.63, 3.8) is 0 Å². The number of hydrogen-bond donors (Lipinski definition) is 0. The van der Waals surface area contributed by atoms with Crippen LogP contribution in [0.4, 0.5) is 0 Å². The third kappa shape index (κ3) is 4.29. The molecular weight excluding hydrogens is 478 g/mol. The lowest BCUT2D eigenvalue weighted by atomic mass is 10.1. The fourth-order valence-electron chi connectivity index (χ4n) is 4.64. The zero-order valence-corrected chi connectivity index (χ0v) is 21.1. The van der Waals surface area contributed by atoms with E-state index in [-0.39, 0.29) is 12.0 Å². The molecular formula is C23H27N3O4S3. The topological polar surface area (TPSA) is 79.8 Å². The van der Waals surface area contributed by atoms with E-state index in [4.69, 9.17) is 4.74 Å². The van der Waals surface area contributed by atoms with Crippen molar-refractivity contribution in [2.75, 3.05) is 19.6 Å². The normalized spacial score (nSPS) is 20.5. The maximum atomic E-state index is 13.3. The Hall–Kier alpha value is -2.01. The van der Waals surface area contributed by atoms with Crippen LogP contribution in [0.3, 0.4) is 0 Å². The fourth-order valence-corrected chi connectivity index (χ4v) is 8.44. The number of sulfonamides is 1. The van der Waals surface area contributed by atoms with E-state index in [0.29, 0.717) is 54.7 Å². The van der Waals surface area contributed by atoms with E-state index in [1.165, 1.54) is 21.2 Å². The molecule has 0 N–H and O–H groups in total. The van der Waals surface area contributed by atoms with E-state index in [9.17, 15) is 13.2 Å². The van der Waals surface area contributed by atoms with Crippen molar-refractivity contribution in [2.24, 2.45) is 0 Å². The van der Waals surface area contributed by atoms with Gasteiger partial charge in [-0.3, -0.25) is 4.79 Å². The van der Waals surface area contributed by atoms with Crippen LogP contribution in [0.1, 0.15) is 36.8 Å². The van der Waals surface area contributed by atoms with Gasteiger partial charge in [0.15, 0.2) is 0 Å². The van der Waals surface area contributed by atoms with E-state index < -0.39 is 16.1 Å². The van der Waals surface area contributed by atoms with Gasteiger partial charge in [0.25, 0.3) is 15.2 Å². The van der Waals surface area contributed by atoms with Crippen molar-refractivity contribution in [1.82, 2.24) is 14.2 Å². The highest BCUT2D eigenvalue weighted by Crippen LogP contribution is 2.34. The molecule has 0 aliphatic carbocycles. The molecule has 2 fully saturated rings. The molecule has 1 aromatic carbocycles. The molecule has 33 heavy (non-hydrogen) atoms. The van der Waals surface area contributed by atoms with E-state index in [0.717, 1.165) is 15.8 Å². The molecule has 4 heterocycles. The van der Waals surface area contributed by atoms with Crippen LogP contribution in [0.15, 0.2) is 33.9 Å². The second-order valence-electron chi connectivity index (χ2n) is 8.71. The van der Waals surface area contributed by atoms with E-state index >= 15 is 0 Å². The minimum absolute atomic E-state index is 0.00440. The quantitative estimate of drug-likeness (QED) is 0.519. The van der Waals surface area contributed by atoms with Crippen LogP contribution in [0.25, 0.3) is 10.2 Å². The average molecular weight is 506 g/mol. The lowest BCUT2D eigenvalue weighted by Crippen LogP contribution is -2.50. The number of ether oxygens (including phenoxy) is 1. The highest BCUT2D eigenvalue weighted by Gasteiger charge is 2.42. The second kappa shape index (κ2) is 8.98. The first kappa shape index (κ1) is 22.8. The van der Waals surface area contributed by atoms with E-state index in [2.05, 4.69) is 31.0 Å². The van der Waals surface area contributed by atoms with Gasteiger partial charge in [0.2, 0.25) is 5.91 Å². The van der Waals surface area contributed by atoms with Crippen LogP contribution in [-0.4, -0.2) is 60.3 Å². The van der Waals surface area contributed by atoms with Gasteiger partial charge >= 0.3 is 0 Å². The van der Waals surface area contributed by atoms with Gasteiger partial charge < -0.3 is 9.64 Å². The number of nitrogens with zero attached hydrogens (tertiary/aromatic N) is 3. The van der Waals surface area contributed by atoms with Crippen molar-refractivity contribution in [2.45, 2.75) is 55.9 Å². The number of thiophene rings is 1. The Bertz CT molecular complexity index is 1220. The summed E-state index contributed by atoms with van der Waals surface area (Å²) in [5, 5.41) is 2.43. The highest BCUT2D eigenvalue weighted by atomic mass is 32.2. The third-order valence-corrected chi connectivity index (χ3v) is 10.9. The van der Waals surface area contributed by atoms with Crippen LogP contribution >= 0.6 is 22.7 Å². The first-order valence-corrected chi connectivity index (χ1v) is 14.4. The minimum Gasteiger partial charge on any atom is -0.467 e. The number of aryl methyl sites for hydroxylation is 2. The zero-order chi connectivity index (χ0) is 23.2. The lowest BCUT2D eigenvalue weighted by Gasteiger charge is -2.34. The Morgan fingerprint density at radius 2 is 1.85 bits per heavy atom. The summed E-state index contributed by atoms with van der Waals surface area (Å²) in [6.45, 7) is 5.66. The first-order valence-electron chi connectivity index (χ1n) is 11.2. The molecule has 1 atom stereocenters. The number of carbonyl (C=O) groups excluding carboxylic acids is 1. The Labute approximate surface area is 202 Å². The standard InChI is InChI=1S/C23H27N3O4S3/c1-15-7-8-16(2)21-20(15)24-23(32-21)30-17-9-12-25(13-10-17)22(27)18-5-3-11-26(18)33(28,29)19-6-4-14-31-19/h4,6-8,14,17-18H,3,5,9-13H2,1-2H3. The Morgan fingerprint density at radius 1 is 1.09 bits per heavy atom. The van der Waals surface area contributed by atoms with Gasteiger partial charge in [-0.15, -0.1) is 11.3 Å². The summed E-state index contributed by atoms with van der Waals surface area (Å²) in [7, 11) is -3.63. The molecule has 10 heteroatoms. The third-order valence-electron chi connectivity index (χ3n) is 6.49. The molecule has 2 saturated heterocycles. The van der Waals surface area contributed by atoms with Gasteiger partial charge in [-0.2, -0.15) is 4.31 Å². The Balaban J connectivity index is 1.22. The summed E-state index contributed by atoms with van der Waals surface area (Å²) in [5.74, 6) is -0.0858. The number of rotatable bonds is 5. The number of fused-ring (bicyclic) bond motifs is 1. The lowest BCUT2D eigenvalue weighted by molar-refractivity contribution is -0.136. The summed E-state index contributed by atoms with van der Waals surface area (Å²) in [5.41, 5.74) is 3.33. The largest absolute Gasteiger partial charge is 0.467 e. The van der Waals surface area contributed by atoms with E-state index in [1.807, 2.05) is 0 Å². The molecule has 3 aromatic rings. The predicted molar refractivity (Wildman–Crippen MR) is 131 cm³/mol. The van der Waals surface area contributed by atoms with Crippen molar-refractivity contribution < 1.29 is 17.9 Å². The number of aromatic nitrogens is 1. The van der Waals surface area contributed by atoms with Gasteiger partial charge in [-0.05, 0) is 49.3 Å². The Morgan fingerprint density at radius 3 is 2.55 bits per heavy atom. The molecule has 2 aliphatic heterocycles. The summed E-state index contributed by atoms with van der Waals surface area (Å²) < 4.78 is 35.1. The number of benzene rings is 1. The van der Waals surface area contributed by atoms with Crippen molar-refractivity contribution >= 4 is 48.8 Å². The van der Waals surface area contributed by atoms with Crippen molar-refractivity contribution in [1.29, 1.82) is 0 Å². The average Bonchev–Trinajstić information content (AvgIpc) is 3.57. The number of thiazole rings is 1. The molecule has 1 amide bonds. The number of hydrogen-bond acceptors (Lipinski definition) is 7. The Kier molecular flexibility index (Phi) is 6.19. The van der Waals surface area contributed by atoms with Gasteiger partial charge in [0.05, 0.1) is 10.2 Å². The number of amides is 1. The molecule has 5 rings (SSSR count). The molecule has 2 aliphatic rings.